The van der Waals surface area contributed by atoms with E-state index in [2.05, 4.69) is 26.0 Å². The van der Waals surface area contributed by atoms with Crippen LogP contribution in [0.4, 0.5) is 5.69 Å². The largest absolute Gasteiger partial charge is 0.383 e. The second-order valence-corrected chi connectivity index (χ2v) is 4.43. The summed E-state index contributed by atoms with van der Waals surface area (Å²) < 4.78 is 0. The van der Waals surface area contributed by atoms with Crippen molar-refractivity contribution >= 4 is 11.6 Å². The van der Waals surface area contributed by atoms with E-state index in [-0.39, 0.29) is 5.91 Å². The molecule has 1 heterocycles. The summed E-state index contributed by atoms with van der Waals surface area (Å²) in [4.78, 5) is 13.7. The quantitative estimate of drug-likeness (QED) is 0.866. The molecule has 2 rings (SSSR count). The first-order chi connectivity index (χ1) is 8.19. The molecule has 3 heteroatoms. The zero-order valence-electron chi connectivity index (χ0n) is 10.4. The first-order valence-electron chi connectivity index (χ1n) is 6.29. The summed E-state index contributed by atoms with van der Waals surface area (Å²) in [5, 5.41) is 9.57. The lowest BCUT2D eigenvalue weighted by molar-refractivity contribution is -0.124. The number of hydrogen-bond donors (Lipinski definition) is 1. The zero-order valence-corrected chi connectivity index (χ0v) is 10.4. The summed E-state index contributed by atoms with van der Waals surface area (Å²) in [6.07, 6.45) is 1.54. The van der Waals surface area contributed by atoms with Gasteiger partial charge in [0.15, 0.2) is 0 Å². The van der Waals surface area contributed by atoms with E-state index in [0.29, 0.717) is 13.0 Å². The highest BCUT2D eigenvalue weighted by atomic mass is 16.3. The molecule has 0 aliphatic carbocycles. The fraction of sp³-hybridized carbons (Fsp3) is 0.500. The molecule has 1 saturated heterocycles. The minimum absolute atomic E-state index is 0.152. The number of carbonyl (C=O) groups is 1. The van der Waals surface area contributed by atoms with E-state index < -0.39 is 6.10 Å². The highest BCUT2D eigenvalue weighted by Crippen LogP contribution is 2.30. The van der Waals surface area contributed by atoms with Crippen LogP contribution in [0.2, 0.25) is 0 Å². The van der Waals surface area contributed by atoms with E-state index >= 15 is 0 Å². The Kier molecular flexibility index (Phi) is 3.48. The van der Waals surface area contributed by atoms with E-state index in [1.807, 2.05) is 6.07 Å². The van der Waals surface area contributed by atoms with Gasteiger partial charge in [-0.2, -0.15) is 0 Å². The van der Waals surface area contributed by atoms with Crippen molar-refractivity contribution in [2.75, 3.05) is 11.4 Å². The van der Waals surface area contributed by atoms with Crippen LogP contribution in [-0.4, -0.2) is 23.7 Å². The molecule has 1 aliphatic heterocycles. The third-order valence-electron chi connectivity index (χ3n) is 3.41. The van der Waals surface area contributed by atoms with Crippen LogP contribution in [0, 0.1) is 0 Å². The van der Waals surface area contributed by atoms with E-state index in [1.165, 1.54) is 11.1 Å². The van der Waals surface area contributed by atoms with Gasteiger partial charge in [0, 0.05) is 13.0 Å². The van der Waals surface area contributed by atoms with Gasteiger partial charge in [0.2, 0.25) is 0 Å². The molecular weight excluding hydrogens is 214 g/mol. The van der Waals surface area contributed by atoms with Crippen LogP contribution in [0.5, 0.6) is 0 Å². The Morgan fingerprint density at radius 3 is 2.29 bits per heavy atom. The lowest BCUT2D eigenvalue weighted by Gasteiger charge is -2.22. The molecule has 1 fully saturated rings. The van der Waals surface area contributed by atoms with Gasteiger partial charge in [0.1, 0.15) is 6.10 Å². The average Bonchev–Trinajstić information content (AvgIpc) is 2.69. The topological polar surface area (TPSA) is 40.5 Å². The van der Waals surface area contributed by atoms with Gasteiger partial charge < -0.3 is 10.0 Å². The molecule has 0 saturated carbocycles. The summed E-state index contributed by atoms with van der Waals surface area (Å²) in [5.74, 6) is -0.152. The van der Waals surface area contributed by atoms with Crippen LogP contribution in [0.25, 0.3) is 0 Å². The number of nitrogens with zero attached hydrogens (tertiary/aromatic N) is 1. The first-order valence-corrected chi connectivity index (χ1v) is 6.29. The van der Waals surface area contributed by atoms with Gasteiger partial charge in [-0.3, -0.25) is 4.79 Å². The van der Waals surface area contributed by atoms with Crippen molar-refractivity contribution in [2.24, 2.45) is 0 Å². The highest BCUT2D eigenvalue weighted by molar-refractivity contribution is 5.99. The summed E-state index contributed by atoms with van der Waals surface area (Å²) in [5.41, 5.74) is 3.40. The fourth-order valence-corrected chi connectivity index (χ4v) is 2.45. The number of anilines is 1. The van der Waals surface area contributed by atoms with Gasteiger partial charge in [-0.25, -0.2) is 0 Å². The van der Waals surface area contributed by atoms with Crippen molar-refractivity contribution in [1.29, 1.82) is 0 Å². The standard InChI is InChI=1S/C14H19NO2/c1-3-10-6-5-7-11(4-2)13(10)15-9-8-12(16)14(15)17/h5-7,12,16H,3-4,8-9H2,1-2H3. The number of carbonyl (C=O) groups excluding carboxylic acids is 1. The van der Waals surface area contributed by atoms with Gasteiger partial charge in [-0.1, -0.05) is 32.0 Å². The molecule has 1 aromatic carbocycles. The van der Waals surface area contributed by atoms with Crippen molar-refractivity contribution in [2.45, 2.75) is 39.2 Å². The van der Waals surface area contributed by atoms with Crippen molar-refractivity contribution < 1.29 is 9.90 Å². The number of amides is 1. The smallest absolute Gasteiger partial charge is 0.255 e. The normalized spacial score (nSPS) is 20.1. The summed E-state index contributed by atoms with van der Waals surface area (Å²) in [6.45, 7) is 4.81. The average molecular weight is 233 g/mol. The molecule has 0 spiro atoms. The van der Waals surface area contributed by atoms with Crippen LogP contribution in [0.1, 0.15) is 31.4 Å². The number of benzene rings is 1. The molecule has 1 unspecified atom stereocenters. The molecular formula is C14H19NO2. The predicted octanol–water partition coefficient (Wildman–Crippen LogP) is 1.91. The molecule has 1 amide bonds. The van der Waals surface area contributed by atoms with Gasteiger partial charge in [-0.15, -0.1) is 0 Å². The number of aryl methyl sites for hydroxylation is 2. The van der Waals surface area contributed by atoms with Crippen LogP contribution < -0.4 is 4.90 Å². The van der Waals surface area contributed by atoms with Gasteiger partial charge >= 0.3 is 0 Å². The maximum atomic E-state index is 11.9. The third kappa shape index (κ3) is 2.07. The Hall–Kier alpha value is -1.35. The van der Waals surface area contributed by atoms with E-state index in [9.17, 15) is 9.90 Å². The Balaban J connectivity index is 2.46. The molecule has 17 heavy (non-hydrogen) atoms. The minimum atomic E-state index is -0.815. The van der Waals surface area contributed by atoms with Crippen LogP contribution in [-0.2, 0) is 17.6 Å². The number of aliphatic hydroxyl groups excluding tert-OH is 1. The van der Waals surface area contributed by atoms with Gasteiger partial charge in [0.05, 0.1) is 5.69 Å². The van der Waals surface area contributed by atoms with Gasteiger partial charge in [-0.05, 0) is 24.0 Å². The highest BCUT2D eigenvalue weighted by Gasteiger charge is 2.32. The van der Waals surface area contributed by atoms with Crippen LogP contribution in [0.15, 0.2) is 18.2 Å². The van der Waals surface area contributed by atoms with Gasteiger partial charge in [0.25, 0.3) is 5.91 Å². The molecule has 0 aromatic heterocycles. The number of aliphatic hydroxyl groups is 1. The molecule has 3 nitrogen and oxygen atoms in total. The van der Waals surface area contributed by atoms with E-state index in [4.69, 9.17) is 0 Å². The molecule has 1 aromatic rings. The monoisotopic (exact) mass is 233 g/mol. The van der Waals surface area contributed by atoms with Crippen molar-refractivity contribution in [1.82, 2.24) is 0 Å². The van der Waals surface area contributed by atoms with Crippen molar-refractivity contribution in [3.63, 3.8) is 0 Å². The van der Waals surface area contributed by atoms with Crippen LogP contribution >= 0.6 is 0 Å². The first kappa shape index (κ1) is 12.1. The predicted molar refractivity (Wildman–Crippen MR) is 68.2 cm³/mol. The molecule has 0 bridgehead atoms. The molecule has 0 radical (unpaired) electrons. The Bertz CT molecular complexity index is 406. The maximum absolute atomic E-state index is 11.9. The summed E-state index contributed by atoms with van der Waals surface area (Å²) >= 11 is 0. The maximum Gasteiger partial charge on any atom is 0.255 e. The Morgan fingerprint density at radius 2 is 1.88 bits per heavy atom. The summed E-state index contributed by atoms with van der Waals surface area (Å²) in [6, 6.07) is 6.16. The Morgan fingerprint density at radius 1 is 1.29 bits per heavy atom. The Labute approximate surface area is 102 Å². The fourth-order valence-electron chi connectivity index (χ4n) is 2.45. The van der Waals surface area contributed by atoms with Crippen molar-refractivity contribution in [3.05, 3.63) is 29.3 Å². The van der Waals surface area contributed by atoms with Crippen LogP contribution in [0.3, 0.4) is 0 Å². The molecule has 92 valence electrons. The summed E-state index contributed by atoms with van der Waals surface area (Å²) in [7, 11) is 0. The van der Waals surface area contributed by atoms with E-state index in [1.54, 1.807) is 4.90 Å². The number of para-hydroxylation sites is 1. The lowest BCUT2D eigenvalue weighted by Crippen LogP contribution is -2.30. The zero-order chi connectivity index (χ0) is 12.4. The lowest BCUT2D eigenvalue weighted by atomic mass is 10.0. The molecule has 1 N–H and O–H groups in total. The van der Waals surface area contributed by atoms with Crippen molar-refractivity contribution in [3.8, 4) is 0 Å². The second-order valence-electron chi connectivity index (χ2n) is 4.43. The SMILES string of the molecule is CCc1cccc(CC)c1N1CCC(O)C1=O. The number of hydrogen-bond acceptors (Lipinski definition) is 2. The number of rotatable bonds is 3. The molecule has 1 atom stereocenters. The minimum Gasteiger partial charge on any atom is -0.383 e. The van der Waals surface area contributed by atoms with E-state index in [0.717, 1.165) is 18.5 Å². The third-order valence-corrected chi connectivity index (χ3v) is 3.41. The molecule has 1 aliphatic rings. The second kappa shape index (κ2) is 4.88.